The number of methoxy groups -OCH3 is 1. The zero-order valence-electron chi connectivity index (χ0n) is 12.8. The number of nitrogens with zero attached hydrogens (tertiary/aromatic N) is 2. The van der Waals surface area contributed by atoms with E-state index >= 15 is 0 Å². The summed E-state index contributed by atoms with van der Waals surface area (Å²) in [6.07, 6.45) is 6.08. The summed E-state index contributed by atoms with van der Waals surface area (Å²) in [4.78, 5) is 19.6. The SMILES string of the molecule is C/C=c1/c(Cc2ccc(OC)nc2)cc(C(=O)O)n/c1=C/C. The van der Waals surface area contributed by atoms with Gasteiger partial charge in [-0.15, -0.1) is 0 Å². The molecule has 0 aromatic carbocycles. The second-order valence-electron chi connectivity index (χ2n) is 4.73. The first-order valence-electron chi connectivity index (χ1n) is 6.93. The van der Waals surface area contributed by atoms with Crippen LogP contribution >= 0.6 is 0 Å². The topological polar surface area (TPSA) is 72.3 Å². The predicted octanol–water partition coefficient (Wildman–Crippen LogP) is 1.38. The summed E-state index contributed by atoms with van der Waals surface area (Å²) in [5, 5.41) is 10.8. The second kappa shape index (κ2) is 6.85. The number of hydrogen-bond acceptors (Lipinski definition) is 4. The molecule has 0 fully saturated rings. The third-order valence-electron chi connectivity index (χ3n) is 3.36. The van der Waals surface area contributed by atoms with Gasteiger partial charge in [0.25, 0.3) is 0 Å². The number of aromatic nitrogens is 2. The van der Waals surface area contributed by atoms with Crippen LogP contribution in [0, 0.1) is 0 Å². The summed E-state index contributed by atoms with van der Waals surface area (Å²) in [6.45, 7) is 3.76. The summed E-state index contributed by atoms with van der Waals surface area (Å²) >= 11 is 0. The van der Waals surface area contributed by atoms with Crippen molar-refractivity contribution in [3.63, 3.8) is 0 Å². The van der Waals surface area contributed by atoms with E-state index < -0.39 is 5.97 Å². The Balaban J connectivity index is 2.53. The molecule has 22 heavy (non-hydrogen) atoms. The van der Waals surface area contributed by atoms with Crippen molar-refractivity contribution in [1.29, 1.82) is 0 Å². The molecular weight excluding hydrogens is 280 g/mol. The molecule has 0 radical (unpaired) electrons. The highest BCUT2D eigenvalue weighted by Gasteiger charge is 2.09. The number of carboxylic acids is 1. The Morgan fingerprint density at radius 2 is 2.09 bits per heavy atom. The van der Waals surface area contributed by atoms with E-state index in [2.05, 4.69) is 9.97 Å². The quantitative estimate of drug-likeness (QED) is 0.923. The average molecular weight is 298 g/mol. The zero-order chi connectivity index (χ0) is 16.1. The van der Waals surface area contributed by atoms with E-state index in [1.807, 2.05) is 32.1 Å². The fourth-order valence-electron chi connectivity index (χ4n) is 2.29. The molecule has 2 aromatic heterocycles. The Labute approximate surface area is 128 Å². The molecule has 5 heteroatoms. The van der Waals surface area contributed by atoms with Crippen molar-refractivity contribution in [2.45, 2.75) is 20.3 Å². The first-order chi connectivity index (χ1) is 10.6. The van der Waals surface area contributed by atoms with Gasteiger partial charge in [-0.25, -0.2) is 14.8 Å². The van der Waals surface area contributed by atoms with Gasteiger partial charge < -0.3 is 9.84 Å². The maximum Gasteiger partial charge on any atom is 0.354 e. The van der Waals surface area contributed by atoms with Crippen LogP contribution in [0.4, 0.5) is 0 Å². The van der Waals surface area contributed by atoms with E-state index in [1.165, 1.54) is 0 Å². The average Bonchev–Trinajstić information content (AvgIpc) is 2.54. The molecule has 0 unspecified atom stereocenters. The van der Waals surface area contributed by atoms with Crippen molar-refractivity contribution in [3.05, 3.63) is 51.8 Å². The van der Waals surface area contributed by atoms with Crippen LogP contribution in [0.5, 0.6) is 5.88 Å². The Morgan fingerprint density at radius 1 is 1.32 bits per heavy atom. The van der Waals surface area contributed by atoms with Crippen LogP contribution in [0.3, 0.4) is 0 Å². The smallest absolute Gasteiger partial charge is 0.354 e. The van der Waals surface area contributed by atoms with Crippen molar-refractivity contribution < 1.29 is 14.6 Å². The highest BCUT2D eigenvalue weighted by molar-refractivity contribution is 5.85. The fraction of sp³-hybridized carbons (Fsp3) is 0.235. The molecule has 0 saturated heterocycles. The molecule has 2 aromatic rings. The Hall–Kier alpha value is -2.69. The lowest BCUT2D eigenvalue weighted by Crippen LogP contribution is -2.33. The molecule has 0 spiro atoms. The van der Waals surface area contributed by atoms with Crippen LogP contribution in [0.15, 0.2) is 24.4 Å². The van der Waals surface area contributed by atoms with E-state index in [-0.39, 0.29) is 5.69 Å². The third-order valence-corrected chi connectivity index (χ3v) is 3.36. The number of aromatic carboxylic acids is 1. The van der Waals surface area contributed by atoms with Crippen LogP contribution in [-0.2, 0) is 6.42 Å². The number of hydrogen-bond donors (Lipinski definition) is 1. The van der Waals surface area contributed by atoms with E-state index in [1.54, 1.807) is 25.4 Å². The molecule has 0 amide bonds. The van der Waals surface area contributed by atoms with E-state index in [0.717, 1.165) is 16.3 Å². The molecule has 0 bridgehead atoms. The zero-order valence-corrected chi connectivity index (χ0v) is 12.8. The Bertz CT molecular complexity index is 796. The number of rotatable bonds is 4. The summed E-state index contributed by atoms with van der Waals surface area (Å²) in [7, 11) is 1.57. The number of pyridine rings is 2. The van der Waals surface area contributed by atoms with Crippen molar-refractivity contribution >= 4 is 18.1 Å². The van der Waals surface area contributed by atoms with Gasteiger partial charge in [0.1, 0.15) is 5.69 Å². The summed E-state index contributed by atoms with van der Waals surface area (Å²) in [6, 6.07) is 5.33. The van der Waals surface area contributed by atoms with Gasteiger partial charge in [-0.2, -0.15) is 0 Å². The Kier molecular flexibility index (Phi) is 4.88. The predicted molar refractivity (Wildman–Crippen MR) is 84.3 cm³/mol. The molecule has 2 heterocycles. The van der Waals surface area contributed by atoms with Crippen molar-refractivity contribution in [2.24, 2.45) is 0 Å². The molecule has 114 valence electrons. The van der Waals surface area contributed by atoms with Gasteiger partial charge in [-0.05, 0) is 42.7 Å². The molecule has 0 aliphatic carbocycles. The first kappa shape index (κ1) is 15.7. The van der Waals surface area contributed by atoms with Gasteiger partial charge in [0.15, 0.2) is 0 Å². The molecule has 0 atom stereocenters. The van der Waals surface area contributed by atoms with Gasteiger partial charge in [0.05, 0.1) is 12.5 Å². The summed E-state index contributed by atoms with van der Waals surface area (Å²) in [5.74, 6) is -0.477. The highest BCUT2D eigenvalue weighted by Crippen LogP contribution is 2.10. The van der Waals surface area contributed by atoms with Gasteiger partial charge in [0.2, 0.25) is 5.88 Å². The van der Waals surface area contributed by atoms with Crippen molar-refractivity contribution in [3.8, 4) is 5.88 Å². The highest BCUT2D eigenvalue weighted by atomic mass is 16.5. The molecule has 0 aliphatic heterocycles. The normalized spacial score (nSPS) is 12.5. The lowest BCUT2D eigenvalue weighted by atomic mass is 10.0. The van der Waals surface area contributed by atoms with Gasteiger partial charge >= 0.3 is 5.97 Å². The molecule has 1 N–H and O–H groups in total. The maximum atomic E-state index is 11.2. The molecular formula is C17H18N2O3. The maximum absolute atomic E-state index is 11.2. The number of ether oxygens (including phenoxy) is 1. The Morgan fingerprint density at radius 3 is 2.59 bits per heavy atom. The molecule has 5 nitrogen and oxygen atoms in total. The molecule has 0 aliphatic rings. The number of carbonyl (C=O) groups is 1. The third kappa shape index (κ3) is 3.31. The minimum Gasteiger partial charge on any atom is -0.481 e. The second-order valence-corrected chi connectivity index (χ2v) is 4.73. The van der Waals surface area contributed by atoms with Crippen LogP contribution in [0.25, 0.3) is 12.2 Å². The monoisotopic (exact) mass is 298 g/mol. The van der Waals surface area contributed by atoms with Crippen LogP contribution in [-0.4, -0.2) is 28.2 Å². The van der Waals surface area contributed by atoms with Crippen LogP contribution in [0.1, 0.15) is 35.5 Å². The molecule has 0 saturated carbocycles. The fourth-order valence-corrected chi connectivity index (χ4v) is 2.29. The van der Waals surface area contributed by atoms with Crippen LogP contribution < -0.4 is 15.3 Å². The lowest BCUT2D eigenvalue weighted by Gasteiger charge is -2.06. The first-order valence-corrected chi connectivity index (χ1v) is 6.93. The standard InChI is InChI=1S/C17H18N2O3/c1-4-13-12(8-11-6-7-16(22-3)18-10-11)9-15(17(20)21)19-14(13)5-2/h4-7,9-10H,8H2,1-3H3,(H,20,21)/b13-4-,14-5+. The van der Waals surface area contributed by atoms with Gasteiger partial charge in [-0.1, -0.05) is 18.2 Å². The van der Waals surface area contributed by atoms with E-state index in [9.17, 15) is 9.90 Å². The summed E-state index contributed by atoms with van der Waals surface area (Å²) in [5.41, 5.74) is 1.94. The largest absolute Gasteiger partial charge is 0.481 e. The number of carboxylic acid groups (broad SMARTS) is 1. The van der Waals surface area contributed by atoms with Crippen LogP contribution in [0.2, 0.25) is 0 Å². The van der Waals surface area contributed by atoms with Gasteiger partial charge in [-0.3, -0.25) is 0 Å². The summed E-state index contributed by atoms with van der Waals surface area (Å²) < 4.78 is 5.04. The minimum absolute atomic E-state index is 0.0511. The van der Waals surface area contributed by atoms with E-state index in [4.69, 9.17) is 4.74 Å². The lowest BCUT2D eigenvalue weighted by molar-refractivity contribution is 0.0690. The van der Waals surface area contributed by atoms with Gasteiger partial charge in [0, 0.05) is 12.3 Å². The minimum atomic E-state index is -1.03. The van der Waals surface area contributed by atoms with Crippen molar-refractivity contribution in [2.75, 3.05) is 7.11 Å². The van der Waals surface area contributed by atoms with Crippen molar-refractivity contribution in [1.82, 2.24) is 9.97 Å². The van der Waals surface area contributed by atoms with E-state index in [0.29, 0.717) is 17.6 Å². The molecule has 2 rings (SSSR count).